The molecule has 0 aliphatic carbocycles. The summed E-state index contributed by atoms with van der Waals surface area (Å²) in [4.78, 5) is 26.8. The van der Waals surface area contributed by atoms with Crippen molar-refractivity contribution < 1.29 is 23.8 Å². The van der Waals surface area contributed by atoms with E-state index in [0.717, 1.165) is 17.4 Å². The molecule has 1 saturated heterocycles. The fourth-order valence-corrected chi connectivity index (χ4v) is 5.13. The second-order valence-corrected chi connectivity index (χ2v) is 10.0. The summed E-state index contributed by atoms with van der Waals surface area (Å²) in [6.45, 7) is 5.43. The summed E-state index contributed by atoms with van der Waals surface area (Å²) in [7, 11) is 0. The normalized spacial score (nSPS) is 16.4. The number of halogens is 1. The fraction of sp³-hybridized carbons (Fsp3) is 0.231. The third kappa shape index (κ3) is 5.05. The summed E-state index contributed by atoms with van der Waals surface area (Å²) < 4.78 is 21.4. The van der Waals surface area contributed by atoms with Crippen LogP contribution in [0.4, 0.5) is 4.39 Å². The van der Waals surface area contributed by atoms with Crippen LogP contribution in [0.2, 0.25) is 0 Å². The van der Waals surface area contributed by atoms with Crippen molar-refractivity contribution in [2.45, 2.75) is 33.2 Å². The average molecular weight is 526 g/mol. The predicted octanol–water partition coefficient (Wildman–Crippen LogP) is 5.81. The van der Waals surface area contributed by atoms with E-state index >= 15 is 0 Å². The van der Waals surface area contributed by atoms with Gasteiger partial charge in [-0.25, -0.2) is 9.18 Å². The van der Waals surface area contributed by atoms with Crippen molar-refractivity contribution in [2.24, 2.45) is 5.92 Å². The lowest BCUT2D eigenvalue weighted by Gasteiger charge is -2.27. The van der Waals surface area contributed by atoms with Crippen LogP contribution in [0.3, 0.4) is 0 Å². The van der Waals surface area contributed by atoms with Gasteiger partial charge in [-0.1, -0.05) is 62.4 Å². The number of ether oxygens (including phenoxy) is 1. The molecule has 186 valence electrons. The van der Waals surface area contributed by atoms with Crippen LogP contribution in [0, 0.1) is 18.7 Å². The predicted molar refractivity (Wildman–Crippen MR) is 141 cm³/mol. The zero-order chi connectivity index (χ0) is 26.0. The highest BCUT2D eigenvalue weighted by molar-refractivity contribution is 8.26. The van der Waals surface area contributed by atoms with Crippen LogP contribution >= 0.6 is 24.0 Å². The number of nitrogens with zero attached hydrogens (tertiary/aromatic N) is 3. The van der Waals surface area contributed by atoms with Crippen LogP contribution in [0.15, 0.2) is 59.5 Å². The van der Waals surface area contributed by atoms with Crippen LogP contribution < -0.4 is 4.74 Å². The van der Waals surface area contributed by atoms with Gasteiger partial charge in [-0.3, -0.25) is 9.69 Å². The van der Waals surface area contributed by atoms with Crippen LogP contribution in [0.1, 0.15) is 31.5 Å². The van der Waals surface area contributed by atoms with E-state index in [0.29, 0.717) is 29.3 Å². The number of aliphatic carboxylic acids is 1. The maximum Gasteiger partial charge on any atom is 0.327 e. The van der Waals surface area contributed by atoms with Gasteiger partial charge in [-0.05, 0) is 55.3 Å². The van der Waals surface area contributed by atoms with Crippen molar-refractivity contribution in [1.82, 2.24) is 14.7 Å². The lowest BCUT2D eigenvalue weighted by Crippen LogP contribution is -2.47. The second-order valence-electron chi connectivity index (χ2n) is 8.33. The second kappa shape index (κ2) is 10.6. The van der Waals surface area contributed by atoms with Crippen molar-refractivity contribution >= 4 is 46.3 Å². The lowest BCUT2D eigenvalue weighted by molar-refractivity contribution is -0.147. The molecule has 2 atom stereocenters. The average Bonchev–Trinajstić information content (AvgIpc) is 3.31. The molecule has 2 aromatic carbocycles. The molecule has 0 radical (unpaired) electrons. The van der Waals surface area contributed by atoms with E-state index in [2.05, 4.69) is 5.10 Å². The zero-order valence-corrected chi connectivity index (χ0v) is 21.5. The summed E-state index contributed by atoms with van der Waals surface area (Å²) >= 11 is 6.46. The standard InChI is InChI=1S/C26H24FN3O4S2/c1-4-15(2)22(25(32)33)29-23(31)21(36-26(29)35)14-20-16(3)28-30(18-8-6-5-7-9-18)24(20)34-19-12-10-17(27)11-13-19/h5-15,22H,4H2,1-3H3,(H,32,33)/b21-14-/t15?,22-/m0/s1. The van der Waals surface area contributed by atoms with E-state index < -0.39 is 23.7 Å². The molecule has 0 saturated carbocycles. The molecule has 36 heavy (non-hydrogen) atoms. The van der Waals surface area contributed by atoms with Gasteiger partial charge in [0.2, 0.25) is 5.88 Å². The monoisotopic (exact) mass is 525 g/mol. The number of thiocarbonyl (C=S) groups is 1. The van der Waals surface area contributed by atoms with Crippen molar-refractivity contribution in [3.63, 3.8) is 0 Å². The molecule has 7 nitrogen and oxygen atoms in total. The molecular weight excluding hydrogens is 501 g/mol. The van der Waals surface area contributed by atoms with Gasteiger partial charge in [0, 0.05) is 0 Å². The summed E-state index contributed by atoms with van der Waals surface area (Å²) in [6.07, 6.45) is 2.20. The first kappa shape index (κ1) is 25.6. The number of benzene rings is 2. The smallest absolute Gasteiger partial charge is 0.327 e. The molecule has 0 spiro atoms. The molecule has 10 heteroatoms. The number of hydrogen-bond donors (Lipinski definition) is 1. The van der Waals surface area contributed by atoms with E-state index in [1.807, 2.05) is 37.3 Å². The third-order valence-electron chi connectivity index (χ3n) is 5.90. The molecule has 3 aromatic rings. The minimum atomic E-state index is -1.10. The molecule has 2 heterocycles. The van der Waals surface area contributed by atoms with Crippen molar-refractivity contribution in [2.75, 3.05) is 0 Å². The molecule has 1 N–H and O–H groups in total. The van der Waals surface area contributed by atoms with Gasteiger partial charge in [0.05, 0.1) is 21.8 Å². The molecule has 1 aliphatic heterocycles. The van der Waals surface area contributed by atoms with E-state index in [4.69, 9.17) is 17.0 Å². The zero-order valence-electron chi connectivity index (χ0n) is 19.8. The van der Waals surface area contributed by atoms with Crippen molar-refractivity contribution in [3.8, 4) is 17.3 Å². The molecule has 1 aromatic heterocycles. The van der Waals surface area contributed by atoms with Gasteiger partial charge in [0.15, 0.2) is 0 Å². The largest absolute Gasteiger partial charge is 0.480 e. The van der Waals surface area contributed by atoms with Gasteiger partial charge >= 0.3 is 5.97 Å². The van der Waals surface area contributed by atoms with Gasteiger partial charge in [-0.15, -0.1) is 0 Å². The fourth-order valence-electron chi connectivity index (χ4n) is 3.82. The van der Waals surface area contributed by atoms with E-state index in [9.17, 15) is 19.1 Å². The van der Waals surface area contributed by atoms with Crippen LogP contribution in [-0.2, 0) is 9.59 Å². The number of carboxylic acid groups (broad SMARTS) is 1. The Balaban J connectivity index is 1.79. The Kier molecular flexibility index (Phi) is 7.56. The third-order valence-corrected chi connectivity index (χ3v) is 7.24. The van der Waals surface area contributed by atoms with Crippen molar-refractivity contribution in [3.05, 3.63) is 76.6 Å². The van der Waals surface area contributed by atoms with Gasteiger partial charge in [-0.2, -0.15) is 9.78 Å². The molecule has 1 aliphatic rings. The summed E-state index contributed by atoms with van der Waals surface area (Å²) in [5, 5.41) is 14.4. The molecule has 0 bridgehead atoms. The van der Waals surface area contributed by atoms with E-state index in [1.165, 1.54) is 29.2 Å². The number of amides is 1. The van der Waals surface area contributed by atoms with Gasteiger partial charge < -0.3 is 9.84 Å². The first-order valence-corrected chi connectivity index (χ1v) is 12.5. The number of hydrogen-bond acceptors (Lipinski definition) is 6. The van der Waals surface area contributed by atoms with Crippen LogP contribution in [0.5, 0.6) is 11.6 Å². The topological polar surface area (TPSA) is 84.7 Å². The maximum absolute atomic E-state index is 13.5. The SMILES string of the molecule is CCC(C)[C@@H](C(=O)O)N1C(=O)/C(=C/c2c(C)nn(-c3ccccc3)c2Oc2ccc(F)cc2)SC1=S. The van der Waals surface area contributed by atoms with Crippen LogP contribution in [0.25, 0.3) is 11.8 Å². The Morgan fingerprint density at radius 2 is 1.89 bits per heavy atom. The van der Waals surface area contributed by atoms with Gasteiger partial charge in [0.25, 0.3) is 5.91 Å². The molecule has 1 fully saturated rings. The number of aromatic nitrogens is 2. The van der Waals surface area contributed by atoms with Gasteiger partial charge in [0.1, 0.15) is 21.9 Å². The number of carbonyl (C=O) groups excluding carboxylic acids is 1. The Hall–Kier alpha value is -3.50. The molecule has 1 unspecified atom stereocenters. The number of thioether (sulfide) groups is 1. The number of carboxylic acids is 1. The quantitative estimate of drug-likeness (QED) is 0.293. The Morgan fingerprint density at radius 3 is 2.50 bits per heavy atom. The number of carbonyl (C=O) groups is 2. The maximum atomic E-state index is 13.5. The Morgan fingerprint density at radius 1 is 1.22 bits per heavy atom. The summed E-state index contributed by atoms with van der Waals surface area (Å²) in [5.74, 6) is -1.55. The number of aryl methyl sites for hydroxylation is 1. The minimum absolute atomic E-state index is 0.188. The first-order valence-electron chi connectivity index (χ1n) is 11.3. The number of para-hydroxylation sites is 1. The Labute approximate surface area is 217 Å². The molecule has 1 amide bonds. The Bertz CT molecular complexity index is 1340. The molecule has 4 rings (SSSR count). The van der Waals surface area contributed by atoms with Crippen LogP contribution in [-0.4, -0.2) is 42.0 Å². The lowest BCUT2D eigenvalue weighted by atomic mass is 9.98. The highest BCUT2D eigenvalue weighted by Crippen LogP contribution is 2.39. The molecular formula is C26H24FN3O4S2. The first-order chi connectivity index (χ1) is 17.2. The minimum Gasteiger partial charge on any atom is -0.480 e. The van der Waals surface area contributed by atoms with Crippen molar-refractivity contribution in [1.29, 1.82) is 0 Å². The number of rotatable bonds is 8. The van der Waals surface area contributed by atoms with E-state index in [-0.39, 0.29) is 15.1 Å². The summed E-state index contributed by atoms with van der Waals surface area (Å²) in [6, 6.07) is 13.8. The van der Waals surface area contributed by atoms with E-state index in [1.54, 1.807) is 24.6 Å². The highest BCUT2D eigenvalue weighted by atomic mass is 32.2. The highest BCUT2D eigenvalue weighted by Gasteiger charge is 2.42. The summed E-state index contributed by atoms with van der Waals surface area (Å²) in [5.41, 5.74) is 1.84.